The van der Waals surface area contributed by atoms with Crippen LogP contribution in [0, 0.1) is 0 Å². The molecule has 0 spiro atoms. The van der Waals surface area contributed by atoms with E-state index >= 15 is 0 Å². The van der Waals surface area contributed by atoms with E-state index in [9.17, 15) is 15.0 Å². The summed E-state index contributed by atoms with van der Waals surface area (Å²) in [5.74, 6) is -0.681. The van der Waals surface area contributed by atoms with Crippen molar-refractivity contribution in [1.29, 1.82) is 0 Å². The molecule has 2 N–H and O–H groups in total. The maximum Gasteiger partial charge on any atom is 0.335 e. The summed E-state index contributed by atoms with van der Waals surface area (Å²) >= 11 is 9.98. The van der Waals surface area contributed by atoms with E-state index in [1.54, 1.807) is 0 Å². The van der Waals surface area contributed by atoms with Gasteiger partial charge in [-0.25, -0.2) is 4.79 Å². The molecule has 0 saturated heterocycles. The van der Waals surface area contributed by atoms with Crippen molar-refractivity contribution in [3.8, 4) is 0 Å². The second kappa shape index (κ2) is 12.0. The molecule has 0 heterocycles. The van der Waals surface area contributed by atoms with Crippen LogP contribution in [0.5, 0.6) is 0 Å². The predicted octanol–water partition coefficient (Wildman–Crippen LogP) is 3.66. The molecular weight excluding hydrogens is 472 g/mol. The molecular formula is C14H23Br3O4. The van der Waals surface area contributed by atoms with Gasteiger partial charge in [0.2, 0.25) is 6.29 Å². The minimum absolute atomic E-state index is 0.177. The molecule has 21 heavy (non-hydrogen) atoms. The second-order valence-corrected chi connectivity index (χ2v) is 7.95. The summed E-state index contributed by atoms with van der Waals surface area (Å²) in [6.07, 6.45) is 2.88. The summed E-state index contributed by atoms with van der Waals surface area (Å²) in [6, 6.07) is 0. The molecule has 0 aromatic rings. The van der Waals surface area contributed by atoms with Crippen LogP contribution in [-0.4, -0.2) is 43.6 Å². The minimum atomic E-state index is -1.42. The lowest BCUT2D eigenvalue weighted by Gasteiger charge is -2.26. The molecule has 0 aliphatic rings. The third kappa shape index (κ3) is 9.33. The van der Waals surface area contributed by atoms with E-state index in [0.29, 0.717) is 0 Å². The van der Waals surface area contributed by atoms with Crippen molar-refractivity contribution in [2.45, 2.75) is 61.1 Å². The van der Waals surface area contributed by atoms with Gasteiger partial charge in [-0.15, -0.1) is 0 Å². The van der Waals surface area contributed by atoms with Crippen molar-refractivity contribution in [2.24, 2.45) is 0 Å². The van der Waals surface area contributed by atoms with E-state index in [0.717, 1.165) is 37.4 Å². The first kappa shape index (κ1) is 21.6. The standard InChI is InChI=1S/C14H23Br3O4/c1-9(2)13(19)21-14(20)11(17)12(18)10(16)7-5-3-4-6-8-15/h10-12,14,18,20H,1,3-8H2,2H3. The molecule has 0 radical (unpaired) electrons. The van der Waals surface area contributed by atoms with Crippen LogP contribution in [0.15, 0.2) is 12.2 Å². The predicted molar refractivity (Wildman–Crippen MR) is 95.2 cm³/mol. The first-order chi connectivity index (χ1) is 9.81. The Morgan fingerprint density at radius 3 is 2.29 bits per heavy atom. The minimum Gasteiger partial charge on any atom is -0.431 e. The fourth-order valence-electron chi connectivity index (χ4n) is 1.60. The van der Waals surface area contributed by atoms with Gasteiger partial charge >= 0.3 is 5.97 Å². The van der Waals surface area contributed by atoms with Gasteiger partial charge in [-0.1, -0.05) is 73.6 Å². The number of carbonyl (C=O) groups excluding carboxylic acids is 1. The average molecular weight is 495 g/mol. The Morgan fingerprint density at radius 1 is 1.19 bits per heavy atom. The maximum absolute atomic E-state index is 11.3. The Kier molecular flexibility index (Phi) is 12.4. The van der Waals surface area contributed by atoms with Gasteiger partial charge in [0, 0.05) is 15.7 Å². The number of halogens is 3. The number of aliphatic hydroxyl groups is 2. The number of alkyl halides is 3. The monoisotopic (exact) mass is 492 g/mol. The highest BCUT2D eigenvalue weighted by Crippen LogP contribution is 2.24. The van der Waals surface area contributed by atoms with Crippen molar-refractivity contribution in [3.05, 3.63) is 12.2 Å². The summed E-state index contributed by atoms with van der Waals surface area (Å²) in [4.78, 5) is 10.4. The van der Waals surface area contributed by atoms with Crippen LogP contribution in [0.1, 0.15) is 39.0 Å². The summed E-state index contributed by atoms with van der Waals surface area (Å²) in [5, 5.41) is 20.9. The Bertz CT molecular complexity index is 325. The molecule has 124 valence electrons. The van der Waals surface area contributed by atoms with Crippen LogP contribution in [0.2, 0.25) is 0 Å². The molecule has 0 aromatic carbocycles. The summed E-state index contributed by atoms with van der Waals surface area (Å²) in [5.41, 5.74) is 0.199. The molecule has 4 atom stereocenters. The molecule has 7 heteroatoms. The first-order valence-electron chi connectivity index (χ1n) is 6.88. The quantitative estimate of drug-likeness (QED) is 0.151. The Labute approximate surface area is 151 Å². The van der Waals surface area contributed by atoms with E-state index in [2.05, 4.69) is 54.4 Å². The Morgan fingerprint density at radius 2 is 1.76 bits per heavy atom. The molecule has 0 aliphatic heterocycles. The smallest absolute Gasteiger partial charge is 0.335 e. The first-order valence-corrected chi connectivity index (χ1v) is 9.83. The Hall–Kier alpha value is 0.570. The fraction of sp³-hybridized carbons (Fsp3) is 0.786. The topological polar surface area (TPSA) is 66.8 Å². The molecule has 0 amide bonds. The van der Waals surface area contributed by atoms with Crippen molar-refractivity contribution < 1.29 is 19.7 Å². The van der Waals surface area contributed by atoms with Gasteiger partial charge in [0.25, 0.3) is 0 Å². The number of aliphatic hydroxyl groups excluding tert-OH is 2. The zero-order chi connectivity index (χ0) is 16.4. The zero-order valence-corrected chi connectivity index (χ0v) is 16.9. The number of hydrogen-bond acceptors (Lipinski definition) is 4. The molecule has 4 nitrogen and oxygen atoms in total. The zero-order valence-electron chi connectivity index (χ0n) is 12.1. The van der Waals surface area contributed by atoms with Crippen molar-refractivity contribution in [2.75, 3.05) is 5.33 Å². The number of ether oxygens (including phenoxy) is 1. The van der Waals surface area contributed by atoms with Crippen molar-refractivity contribution in [3.63, 3.8) is 0 Å². The Balaban J connectivity index is 4.13. The number of hydrogen-bond donors (Lipinski definition) is 2. The molecule has 0 fully saturated rings. The van der Waals surface area contributed by atoms with Gasteiger partial charge in [-0.05, 0) is 19.8 Å². The summed E-state index contributed by atoms with van der Waals surface area (Å²) in [7, 11) is 0. The normalized spacial score (nSPS) is 16.9. The van der Waals surface area contributed by atoms with Gasteiger partial charge in [0.15, 0.2) is 0 Å². The highest BCUT2D eigenvalue weighted by molar-refractivity contribution is 9.10. The highest BCUT2D eigenvalue weighted by atomic mass is 79.9. The molecule has 0 aromatic heterocycles. The second-order valence-electron chi connectivity index (χ2n) is 4.92. The largest absolute Gasteiger partial charge is 0.431 e. The third-order valence-electron chi connectivity index (χ3n) is 2.91. The van der Waals surface area contributed by atoms with Crippen LogP contribution in [0.25, 0.3) is 0 Å². The van der Waals surface area contributed by atoms with Gasteiger partial charge in [0.1, 0.15) is 4.83 Å². The lowest BCUT2D eigenvalue weighted by atomic mass is 10.1. The van der Waals surface area contributed by atoms with Crippen LogP contribution in [0.3, 0.4) is 0 Å². The van der Waals surface area contributed by atoms with Gasteiger partial charge in [-0.2, -0.15) is 0 Å². The number of unbranched alkanes of at least 4 members (excludes halogenated alkanes) is 3. The third-order valence-corrected chi connectivity index (χ3v) is 5.46. The highest BCUT2D eigenvalue weighted by Gasteiger charge is 2.31. The van der Waals surface area contributed by atoms with Crippen LogP contribution in [-0.2, 0) is 9.53 Å². The SMILES string of the molecule is C=C(C)C(=O)OC(O)C(Br)C(O)C(Br)CCCCCCBr. The van der Waals surface area contributed by atoms with Crippen molar-refractivity contribution in [1.82, 2.24) is 0 Å². The lowest BCUT2D eigenvalue weighted by molar-refractivity contribution is -0.165. The molecule has 0 saturated carbocycles. The lowest BCUT2D eigenvalue weighted by Crippen LogP contribution is -2.40. The van der Waals surface area contributed by atoms with Crippen LogP contribution < -0.4 is 0 Å². The van der Waals surface area contributed by atoms with Gasteiger partial charge < -0.3 is 14.9 Å². The molecule has 4 unspecified atom stereocenters. The number of esters is 1. The van der Waals surface area contributed by atoms with Crippen LogP contribution in [0.4, 0.5) is 0 Å². The molecule has 0 bridgehead atoms. The molecule has 0 aliphatic carbocycles. The van der Waals surface area contributed by atoms with E-state index in [-0.39, 0.29) is 10.4 Å². The fourth-order valence-corrected chi connectivity index (χ4v) is 3.54. The van der Waals surface area contributed by atoms with E-state index in [1.807, 2.05) is 0 Å². The maximum atomic E-state index is 11.3. The van der Waals surface area contributed by atoms with Gasteiger partial charge in [0.05, 0.1) is 6.10 Å². The molecule has 0 rings (SSSR count). The summed E-state index contributed by atoms with van der Waals surface area (Å²) < 4.78 is 4.79. The van der Waals surface area contributed by atoms with E-state index in [1.165, 1.54) is 6.92 Å². The van der Waals surface area contributed by atoms with E-state index in [4.69, 9.17) is 4.74 Å². The summed E-state index contributed by atoms with van der Waals surface area (Å²) in [6.45, 7) is 4.93. The van der Waals surface area contributed by atoms with Crippen LogP contribution >= 0.6 is 47.8 Å². The van der Waals surface area contributed by atoms with Crippen molar-refractivity contribution >= 4 is 53.8 Å². The number of carbonyl (C=O) groups is 1. The van der Waals surface area contributed by atoms with E-state index < -0.39 is 23.2 Å². The average Bonchev–Trinajstić information content (AvgIpc) is 2.44. The number of rotatable bonds is 11. The van der Waals surface area contributed by atoms with Gasteiger partial charge in [-0.3, -0.25) is 0 Å².